The van der Waals surface area contributed by atoms with E-state index in [0.717, 1.165) is 5.56 Å². The molecule has 14 heavy (non-hydrogen) atoms. The Bertz CT molecular complexity index is 312. The molecule has 0 saturated carbocycles. The number of hydrogen-bond acceptors (Lipinski definition) is 2. The number of benzene rings is 1. The predicted octanol–water partition coefficient (Wildman–Crippen LogP) is 0.716. The predicted molar refractivity (Wildman–Crippen MR) is 53.4 cm³/mol. The van der Waals surface area contributed by atoms with Crippen LogP contribution >= 0.6 is 0 Å². The van der Waals surface area contributed by atoms with E-state index in [4.69, 9.17) is 0 Å². The van der Waals surface area contributed by atoms with Gasteiger partial charge in [-0.1, -0.05) is 30.3 Å². The van der Waals surface area contributed by atoms with Gasteiger partial charge in [-0.3, -0.25) is 5.32 Å². The Morgan fingerprint density at radius 2 is 2.07 bits per heavy atom. The quantitative estimate of drug-likeness (QED) is 0.723. The van der Waals surface area contributed by atoms with E-state index >= 15 is 0 Å². The first-order valence-corrected chi connectivity index (χ1v) is 4.64. The van der Waals surface area contributed by atoms with Crippen molar-refractivity contribution in [3.05, 3.63) is 35.9 Å². The smallest absolute Gasteiger partial charge is 0.319 e. The van der Waals surface area contributed by atoms with E-state index < -0.39 is 0 Å². The topological polar surface area (TPSA) is 44.4 Å². The van der Waals surface area contributed by atoms with Crippen LogP contribution in [0, 0.1) is 0 Å². The molecule has 0 unspecified atom stereocenters. The molecule has 0 atom stereocenters. The van der Waals surface area contributed by atoms with Crippen molar-refractivity contribution < 1.29 is 4.79 Å². The van der Waals surface area contributed by atoms with Crippen molar-refractivity contribution in [2.75, 3.05) is 13.3 Å². The zero-order chi connectivity index (χ0) is 9.80. The summed E-state index contributed by atoms with van der Waals surface area (Å²) in [5.74, 6) is 0. The second kappa shape index (κ2) is 4.11. The molecule has 1 aromatic rings. The van der Waals surface area contributed by atoms with Crippen molar-refractivity contribution in [3.63, 3.8) is 0 Å². The van der Waals surface area contributed by atoms with Crippen LogP contribution in [0.5, 0.6) is 0 Å². The zero-order valence-electron chi connectivity index (χ0n) is 7.86. The molecule has 0 radical (unpaired) electrons. The first kappa shape index (κ1) is 9.02. The molecule has 0 spiro atoms. The van der Waals surface area contributed by atoms with Gasteiger partial charge in [0.15, 0.2) is 0 Å². The number of amides is 2. The van der Waals surface area contributed by atoms with Gasteiger partial charge >= 0.3 is 6.03 Å². The number of nitrogens with zero attached hydrogens (tertiary/aromatic N) is 1. The van der Waals surface area contributed by atoms with E-state index in [0.29, 0.717) is 19.9 Å². The van der Waals surface area contributed by atoms with E-state index in [-0.39, 0.29) is 6.03 Å². The van der Waals surface area contributed by atoms with Crippen LogP contribution in [-0.2, 0) is 6.54 Å². The Hall–Kier alpha value is -1.55. The number of carbonyl (C=O) groups excluding carboxylic acids is 1. The summed E-state index contributed by atoms with van der Waals surface area (Å²) in [5, 5.41) is 5.81. The van der Waals surface area contributed by atoms with E-state index in [2.05, 4.69) is 10.6 Å². The molecule has 1 aromatic carbocycles. The van der Waals surface area contributed by atoms with Crippen LogP contribution in [0.3, 0.4) is 0 Å². The molecular weight excluding hydrogens is 178 g/mol. The zero-order valence-corrected chi connectivity index (χ0v) is 7.86. The van der Waals surface area contributed by atoms with Crippen molar-refractivity contribution in [1.82, 2.24) is 15.5 Å². The molecule has 4 nitrogen and oxygen atoms in total. The first-order valence-electron chi connectivity index (χ1n) is 4.64. The summed E-state index contributed by atoms with van der Waals surface area (Å²) in [6.45, 7) is 1.82. The summed E-state index contributed by atoms with van der Waals surface area (Å²) >= 11 is 0. The fourth-order valence-corrected chi connectivity index (χ4v) is 1.44. The van der Waals surface area contributed by atoms with Crippen LogP contribution in [0.4, 0.5) is 4.79 Å². The maximum Gasteiger partial charge on any atom is 0.319 e. The van der Waals surface area contributed by atoms with Crippen molar-refractivity contribution in [1.29, 1.82) is 0 Å². The largest absolute Gasteiger partial charge is 0.325 e. The number of nitrogens with one attached hydrogen (secondary N) is 2. The van der Waals surface area contributed by atoms with E-state index in [1.807, 2.05) is 30.3 Å². The Morgan fingerprint density at radius 3 is 2.79 bits per heavy atom. The summed E-state index contributed by atoms with van der Waals surface area (Å²) in [7, 11) is 0. The lowest BCUT2D eigenvalue weighted by atomic mass is 10.2. The highest BCUT2D eigenvalue weighted by molar-refractivity contribution is 5.74. The highest BCUT2D eigenvalue weighted by atomic mass is 16.2. The highest BCUT2D eigenvalue weighted by Gasteiger charge is 2.16. The first-order chi connectivity index (χ1) is 6.86. The average molecular weight is 191 g/mol. The highest BCUT2D eigenvalue weighted by Crippen LogP contribution is 2.04. The van der Waals surface area contributed by atoms with Gasteiger partial charge in [0.25, 0.3) is 0 Å². The van der Waals surface area contributed by atoms with Crippen LogP contribution in [0.1, 0.15) is 5.56 Å². The summed E-state index contributed by atoms with van der Waals surface area (Å²) in [4.78, 5) is 13.1. The third-order valence-corrected chi connectivity index (χ3v) is 2.17. The Balaban J connectivity index is 2.00. The molecule has 74 valence electrons. The molecule has 1 aliphatic rings. The van der Waals surface area contributed by atoms with Gasteiger partial charge in [0.05, 0.1) is 13.3 Å². The second-order valence-electron chi connectivity index (χ2n) is 3.25. The minimum atomic E-state index is -0.00685. The van der Waals surface area contributed by atoms with Gasteiger partial charge in [0.1, 0.15) is 0 Å². The van der Waals surface area contributed by atoms with Crippen LogP contribution in [0.2, 0.25) is 0 Å². The normalized spacial score (nSPS) is 16.6. The summed E-state index contributed by atoms with van der Waals surface area (Å²) in [6, 6.07) is 9.95. The molecule has 0 bridgehead atoms. The number of carbonyl (C=O) groups is 1. The maximum atomic E-state index is 11.4. The van der Waals surface area contributed by atoms with Crippen LogP contribution in [0.25, 0.3) is 0 Å². The molecule has 2 amide bonds. The molecular formula is C10H13N3O. The average Bonchev–Trinajstić information content (AvgIpc) is 2.23. The van der Waals surface area contributed by atoms with Crippen molar-refractivity contribution in [2.24, 2.45) is 0 Å². The lowest BCUT2D eigenvalue weighted by molar-refractivity contribution is 0.174. The molecule has 1 aliphatic heterocycles. The van der Waals surface area contributed by atoms with Gasteiger partial charge < -0.3 is 10.2 Å². The fourth-order valence-electron chi connectivity index (χ4n) is 1.44. The van der Waals surface area contributed by atoms with Crippen LogP contribution in [-0.4, -0.2) is 24.3 Å². The van der Waals surface area contributed by atoms with Gasteiger partial charge in [-0.15, -0.1) is 0 Å². The Morgan fingerprint density at radius 1 is 1.29 bits per heavy atom. The SMILES string of the molecule is O=C1NCNCN1Cc1ccccc1. The summed E-state index contributed by atoms with van der Waals surface area (Å²) in [5.41, 5.74) is 1.14. The Kier molecular flexibility index (Phi) is 2.65. The van der Waals surface area contributed by atoms with Gasteiger partial charge in [-0.2, -0.15) is 0 Å². The monoisotopic (exact) mass is 191 g/mol. The number of rotatable bonds is 2. The molecule has 0 aromatic heterocycles. The maximum absolute atomic E-state index is 11.4. The third-order valence-electron chi connectivity index (χ3n) is 2.17. The lowest BCUT2D eigenvalue weighted by Crippen LogP contribution is -2.53. The van der Waals surface area contributed by atoms with Gasteiger partial charge in [0.2, 0.25) is 0 Å². The van der Waals surface area contributed by atoms with Gasteiger partial charge in [-0.25, -0.2) is 4.79 Å². The van der Waals surface area contributed by atoms with Crippen molar-refractivity contribution in [3.8, 4) is 0 Å². The molecule has 2 N–H and O–H groups in total. The number of hydrogen-bond donors (Lipinski definition) is 2. The van der Waals surface area contributed by atoms with Gasteiger partial charge in [0, 0.05) is 6.54 Å². The molecule has 2 rings (SSSR count). The fraction of sp³-hybridized carbons (Fsp3) is 0.300. The summed E-state index contributed by atoms with van der Waals surface area (Å²) < 4.78 is 0. The second-order valence-corrected chi connectivity index (χ2v) is 3.25. The molecule has 1 fully saturated rings. The number of urea groups is 1. The molecule has 1 heterocycles. The van der Waals surface area contributed by atoms with Crippen molar-refractivity contribution >= 4 is 6.03 Å². The van der Waals surface area contributed by atoms with E-state index in [9.17, 15) is 4.79 Å². The van der Waals surface area contributed by atoms with E-state index in [1.54, 1.807) is 4.90 Å². The minimum Gasteiger partial charge on any atom is -0.325 e. The van der Waals surface area contributed by atoms with Gasteiger partial charge in [-0.05, 0) is 5.56 Å². The minimum absolute atomic E-state index is 0.00685. The standard InChI is InChI=1S/C10H13N3O/c14-10-12-7-11-8-13(10)6-9-4-2-1-3-5-9/h1-5,11H,6-8H2,(H,12,14). The lowest BCUT2D eigenvalue weighted by Gasteiger charge is -2.28. The van der Waals surface area contributed by atoms with E-state index in [1.165, 1.54) is 0 Å². The van der Waals surface area contributed by atoms with Crippen LogP contribution in [0.15, 0.2) is 30.3 Å². The third kappa shape index (κ3) is 2.03. The molecule has 0 aliphatic carbocycles. The summed E-state index contributed by atoms with van der Waals surface area (Å²) in [6.07, 6.45) is 0. The van der Waals surface area contributed by atoms with Crippen molar-refractivity contribution in [2.45, 2.75) is 6.54 Å². The Labute approximate surface area is 82.9 Å². The molecule has 4 heteroatoms. The van der Waals surface area contributed by atoms with Crippen LogP contribution < -0.4 is 10.6 Å². The molecule has 1 saturated heterocycles.